The van der Waals surface area contributed by atoms with Gasteiger partial charge in [-0.05, 0) is 30.4 Å². The van der Waals surface area contributed by atoms with Crippen LogP contribution >= 0.6 is 22.7 Å². The van der Waals surface area contributed by atoms with E-state index in [1.54, 1.807) is 12.1 Å². The van der Waals surface area contributed by atoms with Crippen molar-refractivity contribution in [1.29, 1.82) is 0 Å². The molecule has 0 aliphatic carbocycles. The molecule has 0 fully saturated rings. The minimum absolute atomic E-state index is 0.0454. The van der Waals surface area contributed by atoms with Crippen molar-refractivity contribution in [3.05, 3.63) is 81.8 Å². The number of carbonyl (C=O) groups is 2. The number of nitrogens with one attached hydrogen (secondary N) is 2. The predicted octanol–water partition coefficient (Wildman–Crippen LogP) is 4.59. The van der Waals surface area contributed by atoms with Crippen LogP contribution in [0.1, 0.15) is 52.9 Å². The standard InChI is InChI=1S/C26H28N6O3S2/c33-20(19-11-5-2-6-12-19)17-22(35)28-26-32-30-24(37-26)14-8-7-13-23-29-31-25(36-23)27-21(34)16-15-18-9-3-1-4-10-18/h1-6,9-12,20,33H,7-8,13-17H2,(H,27,31,34)(H,28,32,35)/t20-/m1/s1. The largest absolute Gasteiger partial charge is 0.388 e. The average Bonchev–Trinajstić information content (AvgIpc) is 3.55. The maximum atomic E-state index is 12.2. The molecule has 37 heavy (non-hydrogen) atoms. The van der Waals surface area contributed by atoms with Crippen LogP contribution in [-0.2, 0) is 28.9 Å². The number of anilines is 2. The molecule has 0 radical (unpaired) electrons. The van der Waals surface area contributed by atoms with Crippen molar-refractivity contribution in [2.24, 2.45) is 0 Å². The zero-order valence-corrected chi connectivity index (χ0v) is 21.8. The summed E-state index contributed by atoms with van der Waals surface area (Å²) in [5, 5.41) is 34.8. The zero-order chi connectivity index (χ0) is 25.9. The third kappa shape index (κ3) is 8.81. The summed E-state index contributed by atoms with van der Waals surface area (Å²) in [6.45, 7) is 0. The summed E-state index contributed by atoms with van der Waals surface area (Å²) in [4.78, 5) is 24.4. The van der Waals surface area contributed by atoms with E-state index in [0.29, 0.717) is 28.7 Å². The van der Waals surface area contributed by atoms with Crippen LogP contribution in [0.4, 0.5) is 10.3 Å². The van der Waals surface area contributed by atoms with Gasteiger partial charge in [0.1, 0.15) is 10.0 Å². The molecule has 3 N–H and O–H groups in total. The third-order valence-electron chi connectivity index (χ3n) is 5.50. The second-order valence-corrected chi connectivity index (χ2v) is 10.5. The summed E-state index contributed by atoms with van der Waals surface area (Å²) >= 11 is 2.73. The number of nitrogens with zero attached hydrogens (tertiary/aromatic N) is 4. The SMILES string of the molecule is O=C(CCc1ccccc1)Nc1nnc(CCCCc2nnc(NC(=O)C[C@@H](O)c3ccccc3)s2)s1. The summed E-state index contributed by atoms with van der Waals surface area (Å²) in [6, 6.07) is 19.0. The van der Waals surface area contributed by atoms with Crippen molar-refractivity contribution < 1.29 is 14.7 Å². The highest BCUT2D eigenvalue weighted by Crippen LogP contribution is 2.22. The molecule has 4 aromatic rings. The smallest absolute Gasteiger partial charge is 0.229 e. The fourth-order valence-corrected chi connectivity index (χ4v) is 5.18. The molecule has 0 aliphatic rings. The lowest BCUT2D eigenvalue weighted by molar-refractivity contribution is -0.118. The van der Waals surface area contributed by atoms with Gasteiger partial charge in [-0.25, -0.2) is 0 Å². The Morgan fingerprint density at radius 2 is 1.27 bits per heavy atom. The van der Waals surface area contributed by atoms with E-state index in [-0.39, 0.29) is 18.2 Å². The second kappa shape index (κ2) is 13.7. The molecule has 0 bridgehead atoms. The van der Waals surface area contributed by atoms with Gasteiger partial charge in [0, 0.05) is 19.3 Å². The van der Waals surface area contributed by atoms with Gasteiger partial charge in [0.25, 0.3) is 0 Å². The molecule has 0 aliphatic heterocycles. The number of aromatic nitrogens is 4. The van der Waals surface area contributed by atoms with Crippen LogP contribution in [0.5, 0.6) is 0 Å². The van der Waals surface area contributed by atoms with Crippen molar-refractivity contribution >= 4 is 44.8 Å². The molecule has 9 nitrogen and oxygen atoms in total. The highest BCUT2D eigenvalue weighted by molar-refractivity contribution is 7.15. The highest BCUT2D eigenvalue weighted by Gasteiger charge is 2.15. The van der Waals surface area contributed by atoms with Crippen LogP contribution in [0.2, 0.25) is 0 Å². The van der Waals surface area contributed by atoms with Gasteiger partial charge in [-0.15, -0.1) is 20.4 Å². The van der Waals surface area contributed by atoms with Crippen molar-refractivity contribution in [1.82, 2.24) is 20.4 Å². The lowest BCUT2D eigenvalue weighted by Gasteiger charge is -2.09. The molecule has 2 aromatic heterocycles. The monoisotopic (exact) mass is 536 g/mol. The number of hydrogen-bond acceptors (Lipinski definition) is 9. The van der Waals surface area contributed by atoms with Crippen LogP contribution in [0, 0.1) is 0 Å². The molecule has 2 heterocycles. The minimum atomic E-state index is -0.864. The first kappa shape index (κ1) is 26.5. The fraction of sp³-hybridized carbons (Fsp3) is 0.308. The number of aryl methyl sites for hydroxylation is 3. The Kier molecular flexibility index (Phi) is 9.81. The van der Waals surface area contributed by atoms with Gasteiger partial charge in [-0.2, -0.15) is 0 Å². The highest BCUT2D eigenvalue weighted by atomic mass is 32.1. The van der Waals surface area contributed by atoms with E-state index < -0.39 is 6.10 Å². The Labute approximate surface area is 223 Å². The van der Waals surface area contributed by atoms with Crippen molar-refractivity contribution in [2.45, 2.75) is 51.0 Å². The number of hydrogen-bond donors (Lipinski definition) is 3. The Morgan fingerprint density at radius 3 is 1.86 bits per heavy atom. The summed E-state index contributed by atoms with van der Waals surface area (Å²) in [5.41, 5.74) is 1.82. The summed E-state index contributed by atoms with van der Waals surface area (Å²) in [7, 11) is 0. The van der Waals surface area contributed by atoms with Crippen molar-refractivity contribution in [2.75, 3.05) is 10.6 Å². The van der Waals surface area contributed by atoms with Crippen molar-refractivity contribution in [3.63, 3.8) is 0 Å². The molecule has 2 aromatic carbocycles. The minimum Gasteiger partial charge on any atom is -0.388 e. The van der Waals surface area contributed by atoms with Crippen LogP contribution in [0.3, 0.4) is 0 Å². The molecule has 4 rings (SSSR count). The van der Waals surface area contributed by atoms with Crippen molar-refractivity contribution in [3.8, 4) is 0 Å². The summed E-state index contributed by atoms with van der Waals surface area (Å²) < 4.78 is 0. The number of aliphatic hydroxyl groups is 1. The summed E-state index contributed by atoms with van der Waals surface area (Å²) in [6.07, 6.45) is 3.45. The summed E-state index contributed by atoms with van der Waals surface area (Å²) in [5.74, 6) is -0.376. The van der Waals surface area contributed by atoms with Gasteiger partial charge in [0.2, 0.25) is 22.1 Å². The van der Waals surface area contributed by atoms with Gasteiger partial charge in [-0.1, -0.05) is 83.3 Å². The average molecular weight is 537 g/mol. The quantitative estimate of drug-likeness (QED) is 0.213. The Hall–Kier alpha value is -3.54. The number of aliphatic hydroxyl groups excluding tert-OH is 1. The van der Waals surface area contributed by atoms with Gasteiger partial charge in [0.15, 0.2) is 0 Å². The molecule has 11 heteroatoms. The predicted molar refractivity (Wildman–Crippen MR) is 145 cm³/mol. The third-order valence-corrected chi connectivity index (χ3v) is 7.30. The Balaban J connectivity index is 1.12. The number of benzene rings is 2. The number of unbranched alkanes of at least 4 members (excludes halogenated alkanes) is 1. The van der Waals surface area contributed by atoms with E-state index in [9.17, 15) is 14.7 Å². The van der Waals surface area contributed by atoms with Crippen LogP contribution < -0.4 is 10.6 Å². The zero-order valence-electron chi connectivity index (χ0n) is 20.2. The maximum Gasteiger partial charge on any atom is 0.229 e. The molecule has 0 unspecified atom stereocenters. The molecule has 0 saturated carbocycles. The van der Waals surface area contributed by atoms with Gasteiger partial charge >= 0.3 is 0 Å². The topological polar surface area (TPSA) is 130 Å². The lowest BCUT2D eigenvalue weighted by atomic mass is 10.1. The van der Waals surface area contributed by atoms with E-state index in [1.165, 1.54) is 22.7 Å². The maximum absolute atomic E-state index is 12.2. The first-order valence-electron chi connectivity index (χ1n) is 12.1. The molecular weight excluding hydrogens is 508 g/mol. The van der Waals surface area contributed by atoms with E-state index in [2.05, 4.69) is 31.0 Å². The Bertz CT molecular complexity index is 1280. The lowest BCUT2D eigenvalue weighted by Crippen LogP contribution is -2.15. The first-order chi connectivity index (χ1) is 18.0. The van der Waals surface area contributed by atoms with Gasteiger partial charge < -0.3 is 15.7 Å². The van der Waals surface area contributed by atoms with E-state index in [4.69, 9.17) is 0 Å². The molecule has 192 valence electrons. The fourth-order valence-electron chi connectivity index (χ4n) is 3.59. The molecule has 0 saturated heterocycles. The Morgan fingerprint density at radius 1 is 0.730 bits per heavy atom. The molecule has 0 spiro atoms. The van der Waals surface area contributed by atoms with Crippen LogP contribution in [-0.4, -0.2) is 37.3 Å². The van der Waals surface area contributed by atoms with Crippen LogP contribution in [0.15, 0.2) is 60.7 Å². The van der Waals surface area contributed by atoms with Gasteiger partial charge in [-0.3, -0.25) is 9.59 Å². The van der Waals surface area contributed by atoms with Crippen LogP contribution in [0.25, 0.3) is 0 Å². The van der Waals surface area contributed by atoms with E-state index in [1.807, 2.05) is 48.5 Å². The number of carbonyl (C=O) groups excluding carboxylic acids is 2. The van der Waals surface area contributed by atoms with E-state index >= 15 is 0 Å². The first-order valence-corrected chi connectivity index (χ1v) is 13.7. The normalized spacial score (nSPS) is 11.7. The molecule has 2 amide bonds. The number of amides is 2. The molecular formula is C26H28N6O3S2. The second-order valence-electron chi connectivity index (χ2n) is 8.42. The van der Waals surface area contributed by atoms with Gasteiger partial charge in [0.05, 0.1) is 12.5 Å². The molecule has 1 atom stereocenters. The van der Waals surface area contributed by atoms with E-state index in [0.717, 1.165) is 41.3 Å². The number of rotatable bonds is 13.